The molecule has 1 atom stereocenters. The van der Waals surface area contributed by atoms with Crippen molar-refractivity contribution in [1.29, 1.82) is 0 Å². The van der Waals surface area contributed by atoms with Gasteiger partial charge in [-0.1, -0.05) is 0 Å². The molecule has 0 radical (unpaired) electrons. The number of nitrogens with zero attached hydrogens (tertiary/aromatic N) is 4. The molecule has 0 aliphatic heterocycles. The van der Waals surface area contributed by atoms with Gasteiger partial charge in [0.15, 0.2) is 0 Å². The number of carbonyl (C=O) groups excluding carboxylic acids is 1. The van der Waals surface area contributed by atoms with Gasteiger partial charge >= 0.3 is 0 Å². The Morgan fingerprint density at radius 2 is 2.31 bits per heavy atom. The smallest absolute Gasteiger partial charge is 0.292 e. The minimum atomic E-state index is -0.997. The Morgan fingerprint density at radius 3 is 2.81 bits per heavy atom. The first kappa shape index (κ1) is 12.5. The van der Waals surface area contributed by atoms with Crippen LogP contribution in [0.15, 0.2) is 0 Å². The predicted octanol–water partition coefficient (Wildman–Crippen LogP) is -1.76. The maximum absolute atomic E-state index is 11.4. The summed E-state index contributed by atoms with van der Waals surface area (Å²) in [6.45, 7) is 2.21. The van der Waals surface area contributed by atoms with Gasteiger partial charge in [0.25, 0.3) is 11.7 Å². The monoisotopic (exact) mass is 228 g/mol. The standard InChI is InChI=1S/C8H16N6O2/c1-8(16,5-14(2)3)4-9-7(15)6-10-12-13-11-6/h16H,4-5H2,1-3H3,(H,9,15)(H,10,11,12,13). The van der Waals surface area contributed by atoms with Gasteiger partial charge in [0, 0.05) is 13.1 Å². The molecule has 0 spiro atoms. The first-order valence-electron chi connectivity index (χ1n) is 4.79. The van der Waals surface area contributed by atoms with Gasteiger partial charge in [-0.2, -0.15) is 5.21 Å². The number of aliphatic hydroxyl groups is 1. The molecule has 8 heteroatoms. The van der Waals surface area contributed by atoms with E-state index in [-0.39, 0.29) is 12.4 Å². The topological polar surface area (TPSA) is 107 Å². The molecule has 0 saturated heterocycles. The summed E-state index contributed by atoms with van der Waals surface area (Å²) in [5, 5.41) is 24.9. The number of tetrazole rings is 1. The van der Waals surface area contributed by atoms with Crippen molar-refractivity contribution in [3.63, 3.8) is 0 Å². The lowest BCUT2D eigenvalue weighted by Crippen LogP contribution is -2.47. The summed E-state index contributed by atoms with van der Waals surface area (Å²) in [7, 11) is 3.69. The third-order valence-corrected chi connectivity index (χ3v) is 1.84. The third kappa shape index (κ3) is 3.91. The second-order valence-electron chi connectivity index (χ2n) is 4.15. The molecule has 0 fully saturated rings. The lowest BCUT2D eigenvalue weighted by Gasteiger charge is -2.26. The Hall–Kier alpha value is -1.54. The van der Waals surface area contributed by atoms with Crippen molar-refractivity contribution in [2.45, 2.75) is 12.5 Å². The Balaban J connectivity index is 2.42. The van der Waals surface area contributed by atoms with Crippen LogP contribution in [0, 0.1) is 0 Å². The van der Waals surface area contributed by atoms with Crippen LogP contribution >= 0.6 is 0 Å². The average molecular weight is 228 g/mol. The van der Waals surface area contributed by atoms with E-state index in [1.807, 2.05) is 19.0 Å². The van der Waals surface area contributed by atoms with Crippen LogP contribution in [0.2, 0.25) is 0 Å². The highest BCUT2D eigenvalue weighted by Crippen LogP contribution is 2.02. The van der Waals surface area contributed by atoms with Crippen LogP contribution in [0.1, 0.15) is 17.5 Å². The fourth-order valence-electron chi connectivity index (χ4n) is 1.34. The van der Waals surface area contributed by atoms with Crippen LogP contribution < -0.4 is 5.32 Å². The maximum Gasteiger partial charge on any atom is 0.292 e. The Kier molecular flexibility index (Phi) is 3.91. The van der Waals surface area contributed by atoms with E-state index in [9.17, 15) is 9.90 Å². The quantitative estimate of drug-likeness (QED) is 0.551. The molecule has 1 amide bonds. The maximum atomic E-state index is 11.4. The van der Waals surface area contributed by atoms with Gasteiger partial charge in [-0.15, -0.1) is 10.2 Å². The van der Waals surface area contributed by atoms with Gasteiger partial charge in [-0.25, -0.2) is 0 Å². The number of likely N-dealkylation sites (N-methyl/N-ethyl adjacent to an activating group) is 1. The summed E-state index contributed by atoms with van der Waals surface area (Å²) < 4.78 is 0. The van der Waals surface area contributed by atoms with Crippen LogP contribution in [0.25, 0.3) is 0 Å². The number of hydrogen-bond acceptors (Lipinski definition) is 6. The number of H-pyrrole nitrogens is 1. The minimum absolute atomic E-state index is 0.0411. The van der Waals surface area contributed by atoms with E-state index in [4.69, 9.17) is 0 Å². The summed E-state index contributed by atoms with van der Waals surface area (Å²) in [5.41, 5.74) is -0.997. The van der Waals surface area contributed by atoms with E-state index in [1.54, 1.807) is 6.92 Å². The highest BCUT2D eigenvalue weighted by molar-refractivity contribution is 5.90. The third-order valence-electron chi connectivity index (χ3n) is 1.84. The fourth-order valence-corrected chi connectivity index (χ4v) is 1.34. The molecule has 1 aromatic heterocycles. The first-order valence-corrected chi connectivity index (χ1v) is 4.79. The Bertz CT molecular complexity index is 334. The molecule has 1 unspecified atom stereocenters. The summed E-state index contributed by atoms with van der Waals surface area (Å²) in [5.74, 6) is -0.506. The second-order valence-corrected chi connectivity index (χ2v) is 4.15. The van der Waals surface area contributed by atoms with E-state index >= 15 is 0 Å². The highest BCUT2D eigenvalue weighted by Gasteiger charge is 2.23. The summed E-state index contributed by atoms with van der Waals surface area (Å²) in [6, 6.07) is 0. The number of amides is 1. The zero-order valence-corrected chi connectivity index (χ0v) is 9.56. The van der Waals surface area contributed by atoms with E-state index in [2.05, 4.69) is 25.9 Å². The van der Waals surface area contributed by atoms with Crippen LogP contribution in [0.5, 0.6) is 0 Å². The molecule has 0 saturated carbocycles. The molecular weight excluding hydrogens is 212 g/mol. The number of aromatic nitrogens is 4. The van der Waals surface area contributed by atoms with Crippen molar-refractivity contribution in [2.75, 3.05) is 27.2 Å². The van der Waals surface area contributed by atoms with E-state index in [0.29, 0.717) is 6.54 Å². The highest BCUT2D eigenvalue weighted by atomic mass is 16.3. The van der Waals surface area contributed by atoms with E-state index in [1.165, 1.54) is 0 Å². The first-order chi connectivity index (χ1) is 7.41. The van der Waals surface area contributed by atoms with Crippen molar-refractivity contribution in [3.05, 3.63) is 5.82 Å². The largest absolute Gasteiger partial charge is 0.387 e. The van der Waals surface area contributed by atoms with Gasteiger partial charge in [-0.05, 0) is 26.2 Å². The molecule has 90 valence electrons. The zero-order valence-electron chi connectivity index (χ0n) is 9.56. The number of rotatable bonds is 5. The number of carbonyl (C=O) groups is 1. The summed E-state index contributed by atoms with van der Waals surface area (Å²) in [6.07, 6.45) is 0. The molecular formula is C8H16N6O2. The molecule has 0 aromatic carbocycles. The molecule has 1 aromatic rings. The van der Waals surface area contributed by atoms with Gasteiger partial charge in [0.1, 0.15) is 0 Å². The lowest BCUT2D eigenvalue weighted by atomic mass is 10.1. The molecule has 0 aliphatic carbocycles. The van der Waals surface area contributed by atoms with Crippen LogP contribution in [-0.2, 0) is 0 Å². The molecule has 3 N–H and O–H groups in total. The number of aromatic amines is 1. The molecule has 1 rings (SSSR count). The normalized spacial score (nSPS) is 14.8. The summed E-state index contributed by atoms with van der Waals surface area (Å²) in [4.78, 5) is 13.3. The predicted molar refractivity (Wildman–Crippen MR) is 55.7 cm³/mol. The van der Waals surface area contributed by atoms with Gasteiger partial charge in [0.2, 0.25) is 0 Å². The van der Waals surface area contributed by atoms with Crippen LogP contribution in [-0.4, -0.2) is 69.3 Å². The van der Waals surface area contributed by atoms with Gasteiger partial charge < -0.3 is 15.3 Å². The summed E-state index contributed by atoms with van der Waals surface area (Å²) >= 11 is 0. The molecule has 8 nitrogen and oxygen atoms in total. The van der Waals surface area contributed by atoms with Crippen molar-refractivity contribution in [3.8, 4) is 0 Å². The minimum Gasteiger partial charge on any atom is -0.387 e. The van der Waals surface area contributed by atoms with Crippen molar-refractivity contribution in [2.24, 2.45) is 0 Å². The molecule has 1 heterocycles. The SMILES string of the molecule is CN(C)CC(C)(O)CNC(=O)c1nn[nH]n1. The van der Waals surface area contributed by atoms with Crippen LogP contribution in [0.4, 0.5) is 0 Å². The fraction of sp³-hybridized carbons (Fsp3) is 0.750. The molecule has 0 bridgehead atoms. The Morgan fingerprint density at radius 1 is 1.62 bits per heavy atom. The van der Waals surface area contributed by atoms with E-state index in [0.717, 1.165) is 0 Å². The molecule has 0 aliphatic rings. The van der Waals surface area contributed by atoms with Crippen molar-refractivity contribution < 1.29 is 9.90 Å². The van der Waals surface area contributed by atoms with Crippen molar-refractivity contribution >= 4 is 5.91 Å². The van der Waals surface area contributed by atoms with Crippen LogP contribution in [0.3, 0.4) is 0 Å². The lowest BCUT2D eigenvalue weighted by molar-refractivity contribution is 0.0324. The van der Waals surface area contributed by atoms with E-state index < -0.39 is 11.5 Å². The number of nitrogens with one attached hydrogen (secondary N) is 2. The average Bonchev–Trinajstić information content (AvgIpc) is 2.64. The zero-order chi connectivity index (χ0) is 12.2. The number of hydrogen-bond donors (Lipinski definition) is 3. The van der Waals surface area contributed by atoms with Gasteiger partial charge in [0.05, 0.1) is 5.60 Å². The second kappa shape index (κ2) is 4.99. The molecule has 16 heavy (non-hydrogen) atoms. The van der Waals surface area contributed by atoms with Crippen molar-refractivity contribution in [1.82, 2.24) is 30.8 Å². The van der Waals surface area contributed by atoms with Gasteiger partial charge in [-0.3, -0.25) is 4.79 Å². The Labute approximate surface area is 93.0 Å².